The molecule has 0 atom stereocenters. The van der Waals surface area contributed by atoms with Gasteiger partial charge >= 0.3 is 0 Å². The average molecular weight is 379 g/mol. The van der Waals surface area contributed by atoms with Crippen LogP contribution >= 0.6 is 0 Å². The number of methoxy groups -OCH3 is 1. The summed E-state index contributed by atoms with van der Waals surface area (Å²) in [4.78, 5) is 12.2. The third kappa shape index (κ3) is 3.83. The summed E-state index contributed by atoms with van der Waals surface area (Å²) in [5.41, 5.74) is 6.12. The number of carbonyl (C=O) groups is 1. The van der Waals surface area contributed by atoms with Gasteiger partial charge in [0.05, 0.1) is 19.5 Å². The Morgan fingerprint density at radius 3 is 2.57 bits per heavy atom. The van der Waals surface area contributed by atoms with Crippen LogP contribution in [0.2, 0.25) is 0 Å². The van der Waals surface area contributed by atoms with Gasteiger partial charge in [-0.25, -0.2) is 10.1 Å². The number of ether oxygens (including phenoxy) is 1. The second kappa shape index (κ2) is 8.12. The summed E-state index contributed by atoms with van der Waals surface area (Å²) >= 11 is 0. The van der Waals surface area contributed by atoms with Gasteiger partial charge in [-0.3, -0.25) is 4.79 Å². The van der Waals surface area contributed by atoms with Crippen LogP contribution in [0.4, 0.5) is 0 Å². The van der Waals surface area contributed by atoms with Crippen molar-refractivity contribution < 1.29 is 9.53 Å². The molecule has 7 heteroatoms. The number of hydrazone groups is 1. The molecule has 0 aliphatic rings. The van der Waals surface area contributed by atoms with Crippen LogP contribution in [-0.4, -0.2) is 33.6 Å². The van der Waals surface area contributed by atoms with Crippen LogP contribution in [0.15, 0.2) is 47.7 Å². The number of aromatic nitrogens is 3. The molecule has 2 aromatic heterocycles. The van der Waals surface area contributed by atoms with Crippen LogP contribution in [0, 0.1) is 13.8 Å². The maximum atomic E-state index is 12.2. The summed E-state index contributed by atoms with van der Waals surface area (Å²) in [6.07, 6.45) is 3.47. The van der Waals surface area contributed by atoms with Crippen molar-refractivity contribution in [1.29, 1.82) is 0 Å². The summed E-state index contributed by atoms with van der Waals surface area (Å²) in [5, 5.41) is 8.53. The van der Waals surface area contributed by atoms with Gasteiger partial charge < -0.3 is 9.30 Å². The third-order valence-corrected chi connectivity index (χ3v) is 4.56. The van der Waals surface area contributed by atoms with Gasteiger partial charge in [0, 0.05) is 34.6 Å². The monoisotopic (exact) mass is 379 g/mol. The molecule has 3 rings (SSSR count). The lowest BCUT2D eigenvalue weighted by atomic mass is 10.2. The van der Waals surface area contributed by atoms with Crippen molar-refractivity contribution in [3.63, 3.8) is 0 Å². The number of amides is 1. The summed E-state index contributed by atoms with van der Waals surface area (Å²) in [6, 6.07) is 11.2. The fourth-order valence-corrected chi connectivity index (χ4v) is 3.12. The highest BCUT2D eigenvalue weighted by Gasteiger charge is 2.14. The Balaban J connectivity index is 1.77. The van der Waals surface area contributed by atoms with Crippen molar-refractivity contribution in [1.82, 2.24) is 19.8 Å². The summed E-state index contributed by atoms with van der Waals surface area (Å²) in [7, 11) is 1.59. The van der Waals surface area contributed by atoms with Crippen molar-refractivity contribution in [2.45, 2.75) is 33.7 Å². The Hall–Kier alpha value is -3.35. The molecule has 0 fully saturated rings. The van der Waals surface area contributed by atoms with E-state index in [0.29, 0.717) is 11.3 Å². The van der Waals surface area contributed by atoms with E-state index in [4.69, 9.17) is 4.74 Å². The van der Waals surface area contributed by atoms with Crippen molar-refractivity contribution in [2.75, 3.05) is 7.11 Å². The smallest absolute Gasteiger partial charge is 0.271 e. The van der Waals surface area contributed by atoms with Crippen LogP contribution in [-0.2, 0) is 0 Å². The van der Waals surface area contributed by atoms with Crippen LogP contribution < -0.4 is 10.2 Å². The van der Waals surface area contributed by atoms with Gasteiger partial charge in [0.15, 0.2) is 0 Å². The average Bonchev–Trinajstić information content (AvgIpc) is 3.26. The highest BCUT2D eigenvalue weighted by molar-refractivity contribution is 5.95. The summed E-state index contributed by atoms with van der Waals surface area (Å²) < 4.78 is 9.22. The topological polar surface area (TPSA) is 73.4 Å². The first-order valence-electron chi connectivity index (χ1n) is 9.12. The van der Waals surface area contributed by atoms with Gasteiger partial charge in [-0.05, 0) is 58.0 Å². The minimum absolute atomic E-state index is 0.257. The molecule has 3 aromatic rings. The molecule has 0 aliphatic heterocycles. The number of hydrogen-bond acceptors (Lipinski definition) is 4. The van der Waals surface area contributed by atoms with Crippen molar-refractivity contribution in [2.24, 2.45) is 5.10 Å². The highest BCUT2D eigenvalue weighted by Crippen LogP contribution is 2.21. The van der Waals surface area contributed by atoms with Gasteiger partial charge in [-0.1, -0.05) is 0 Å². The predicted octanol–water partition coefficient (Wildman–Crippen LogP) is 3.64. The Kier molecular flexibility index (Phi) is 5.63. The Labute approximate surface area is 164 Å². The van der Waals surface area contributed by atoms with Crippen LogP contribution in [0.25, 0.3) is 5.82 Å². The zero-order valence-electron chi connectivity index (χ0n) is 16.8. The number of hydrogen-bond donors (Lipinski definition) is 1. The summed E-state index contributed by atoms with van der Waals surface area (Å²) in [5.74, 6) is 1.44. The fourth-order valence-electron chi connectivity index (χ4n) is 3.12. The van der Waals surface area contributed by atoms with Gasteiger partial charge in [-0.2, -0.15) is 10.2 Å². The van der Waals surface area contributed by atoms with Crippen molar-refractivity contribution in [3.05, 3.63) is 65.1 Å². The number of aryl methyl sites for hydroxylation is 1. The molecule has 7 nitrogen and oxygen atoms in total. The first-order valence-corrected chi connectivity index (χ1v) is 9.12. The van der Waals surface area contributed by atoms with E-state index in [-0.39, 0.29) is 11.9 Å². The van der Waals surface area contributed by atoms with E-state index in [1.165, 1.54) is 0 Å². The first-order chi connectivity index (χ1) is 13.4. The minimum atomic E-state index is -0.273. The van der Waals surface area contributed by atoms with E-state index >= 15 is 0 Å². The maximum absolute atomic E-state index is 12.2. The Morgan fingerprint density at radius 1 is 1.21 bits per heavy atom. The highest BCUT2D eigenvalue weighted by atomic mass is 16.5. The van der Waals surface area contributed by atoms with Gasteiger partial charge in [0.2, 0.25) is 0 Å². The largest absolute Gasteiger partial charge is 0.497 e. The second-order valence-corrected chi connectivity index (χ2v) is 6.82. The molecule has 1 aromatic carbocycles. The molecule has 28 heavy (non-hydrogen) atoms. The number of carbonyl (C=O) groups excluding carboxylic acids is 1. The SMILES string of the molecule is COc1ccc(C(=O)N/N=C\c2cc(C)n(-c3ccnn3C(C)C)c2C)cc1. The van der Waals surface area contributed by atoms with E-state index in [9.17, 15) is 4.79 Å². The van der Waals surface area contributed by atoms with E-state index < -0.39 is 0 Å². The van der Waals surface area contributed by atoms with Gasteiger partial charge in [0.1, 0.15) is 11.6 Å². The standard InChI is InChI=1S/C21H25N5O2/c1-14(2)26-20(10-11-23-26)25-15(3)12-18(16(25)4)13-22-24-21(27)17-6-8-19(28-5)9-7-17/h6-14H,1-5H3,(H,24,27)/b22-13-. The third-order valence-electron chi connectivity index (χ3n) is 4.56. The van der Waals surface area contributed by atoms with E-state index in [0.717, 1.165) is 22.8 Å². The van der Waals surface area contributed by atoms with Gasteiger partial charge in [-0.15, -0.1) is 0 Å². The quantitative estimate of drug-likeness (QED) is 0.525. The zero-order chi connectivity index (χ0) is 20.3. The Bertz CT molecular complexity index is 996. The molecule has 0 saturated carbocycles. The van der Waals surface area contributed by atoms with Crippen LogP contribution in [0.1, 0.15) is 47.2 Å². The molecule has 0 bridgehead atoms. The zero-order valence-corrected chi connectivity index (χ0v) is 16.8. The lowest BCUT2D eigenvalue weighted by Crippen LogP contribution is -2.17. The van der Waals surface area contributed by atoms with E-state index in [2.05, 4.69) is 34.0 Å². The molecular formula is C21H25N5O2. The molecule has 0 spiro atoms. The lowest BCUT2D eigenvalue weighted by Gasteiger charge is -2.14. The molecule has 0 radical (unpaired) electrons. The van der Waals surface area contributed by atoms with Gasteiger partial charge in [0.25, 0.3) is 5.91 Å². The van der Waals surface area contributed by atoms with Crippen molar-refractivity contribution >= 4 is 12.1 Å². The Morgan fingerprint density at radius 2 is 1.93 bits per heavy atom. The van der Waals surface area contributed by atoms with Crippen LogP contribution in [0.3, 0.4) is 0 Å². The normalized spacial score (nSPS) is 11.4. The van der Waals surface area contributed by atoms with Crippen molar-refractivity contribution in [3.8, 4) is 11.6 Å². The predicted molar refractivity (Wildman–Crippen MR) is 109 cm³/mol. The molecule has 1 amide bonds. The number of benzene rings is 1. The molecular weight excluding hydrogens is 354 g/mol. The molecule has 0 saturated heterocycles. The van der Waals surface area contributed by atoms with Crippen LogP contribution in [0.5, 0.6) is 5.75 Å². The number of nitrogens with one attached hydrogen (secondary N) is 1. The van der Waals surface area contributed by atoms with E-state index in [1.807, 2.05) is 30.7 Å². The number of nitrogens with zero attached hydrogens (tertiary/aromatic N) is 4. The number of rotatable bonds is 6. The molecule has 146 valence electrons. The second-order valence-electron chi connectivity index (χ2n) is 6.82. The maximum Gasteiger partial charge on any atom is 0.271 e. The molecule has 2 heterocycles. The first kappa shape index (κ1) is 19.4. The lowest BCUT2D eigenvalue weighted by molar-refractivity contribution is 0.0955. The molecule has 1 N–H and O–H groups in total. The molecule has 0 unspecified atom stereocenters. The fraction of sp³-hybridized carbons (Fsp3) is 0.286. The van der Waals surface area contributed by atoms with E-state index in [1.54, 1.807) is 43.8 Å². The summed E-state index contributed by atoms with van der Waals surface area (Å²) in [6.45, 7) is 8.26. The molecule has 0 aliphatic carbocycles. The minimum Gasteiger partial charge on any atom is -0.497 e.